The van der Waals surface area contributed by atoms with Gasteiger partial charge in [0.05, 0.1) is 12.1 Å². The summed E-state index contributed by atoms with van der Waals surface area (Å²) in [4.78, 5) is 0. The molecule has 0 saturated heterocycles. The van der Waals surface area contributed by atoms with Gasteiger partial charge in [-0.1, -0.05) is 17.7 Å². The highest BCUT2D eigenvalue weighted by atomic mass is 35.5. The van der Waals surface area contributed by atoms with Gasteiger partial charge in [0, 0.05) is 6.61 Å². The third-order valence-corrected chi connectivity index (χ3v) is 2.41. The van der Waals surface area contributed by atoms with E-state index in [4.69, 9.17) is 21.4 Å². The summed E-state index contributed by atoms with van der Waals surface area (Å²) >= 11 is 5.90. The van der Waals surface area contributed by atoms with Crippen LogP contribution in [0.25, 0.3) is 0 Å². The lowest BCUT2D eigenvalue weighted by atomic mass is 10.1. The smallest absolute Gasteiger partial charge is 0.177 e. The van der Waals surface area contributed by atoms with Crippen molar-refractivity contribution in [3.05, 3.63) is 22.7 Å². The highest BCUT2D eigenvalue weighted by Crippen LogP contribution is 2.36. The first kappa shape index (κ1) is 11.1. The number of hydrogen-bond donors (Lipinski definition) is 2. The van der Waals surface area contributed by atoms with Gasteiger partial charge in [0.2, 0.25) is 0 Å². The van der Waals surface area contributed by atoms with Crippen molar-refractivity contribution in [3.8, 4) is 11.5 Å². The van der Waals surface area contributed by atoms with Gasteiger partial charge < -0.3 is 14.9 Å². The second-order valence-corrected chi connectivity index (χ2v) is 3.29. The molecule has 0 unspecified atom stereocenters. The molecule has 0 aromatic heterocycles. The van der Waals surface area contributed by atoms with Crippen LogP contribution in [0.3, 0.4) is 0 Å². The van der Waals surface area contributed by atoms with E-state index in [2.05, 4.69) is 0 Å². The van der Waals surface area contributed by atoms with Gasteiger partial charge >= 0.3 is 0 Å². The van der Waals surface area contributed by atoms with Crippen LogP contribution >= 0.6 is 11.6 Å². The van der Waals surface area contributed by atoms with E-state index < -0.39 is 0 Å². The van der Waals surface area contributed by atoms with Crippen LogP contribution in [0.2, 0.25) is 5.02 Å². The molecule has 0 atom stereocenters. The number of methoxy groups -OCH3 is 1. The van der Waals surface area contributed by atoms with Crippen molar-refractivity contribution >= 4 is 11.6 Å². The van der Waals surface area contributed by atoms with Gasteiger partial charge in [-0.2, -0.15) is 0 Å². The molecule has 3 nitrogen and oxygen atoms in total. The number of phenolic OH excluding ortho intramolecular Hbond substituents is 1. The van der Waals surface area contributed by atoms with Crippen molar-refractivity contribution in [2.45, 2.75) is 12.8 Å². The van der Waals surface area contributed by atoms with E-state index >= 15 is 0 Å². The summed E-state index contributed by atoms with van der Waals surface area (Å²) in [6, 6.07) is 3.45. The van der Waals surface area contributed by atoms with E-state index in [1.807, 2.05) is 0 Å². The van der Waals surface area contributed by atoms with Crippen LogP contribution in [0.1, 0.15) is 12.0 Å². The van der Waals surface area contributed by atoms with Gasteiger partial charge in [-0.05, 0) is 24.5 Å². The molecule has 4 heteroatoms. The van der Waals surface area contributed by atoms with Gasteiger partial charge in [-0.15, -0.1) is 0 Å². The van der Waals surface area contributed by atoms with E-state index in [0.717, 1.165) is 5.56 Å². The number of benzene rings is 1. The zero-order valence-electron chi connectivity index (χ0n) is 7.96. The summed E-state index contributed by atoms with van der Waals surface area (Å²) in [6.07, 6.45) is 1.28. The predicted octanol–water partition coefficient (Wildman–Crippen LogP) is 1.98. The van der Waals surface area contributed by atoms with Crippen molar-refractivity contribution in [1.29, 1.82) is 0 Å². The van der Waals surface area contributed by atoms with Crippen molar-refractivity contribution in [3.63, 3.8) is 0 Å². The van der Waals surface area contributed by atoms with Crippen molar-refractivity contribution in [1.82, 2.24) is 0 Å². The average molecular weight is 217 g/mol. The minimum atomic E-state index is -0.0374. The first-order valence-corrected chi connectivity index (χ1v) is 4.73. The Morgan fingerprint density at radius 2 is 2.14 bits per heavy atom. The minimum absolute atomic E-state index is 0.0374. The molecule has 0 aliphatic carbocycles. The van der Waals surface area contributed by atoms with Crippen LogP contribution in [-0.4, -0.2) is 23.9 Å². The second-order valence-electron chi connectivity index (χ2n) is 2.92. The Bertz CT molecular complexity index is 312. The normalized spacial score (nSPS) is 10.2. The molecule has 0 fully saturated rings. The quantitative estimate of drug-likeness (QED) is 0.809. The summed E-state index contributed by atoms with van der Waals surface area (Å²) in [6.45, 7) is 0.114. The Kier molecular flexibility index (Phi) is 4.04. The molecule has 1 aromatic carbocycles. The van der Waals surface area contributed by atoms with Gasteiger partial charge in [0.1, 0.15) is 0 Å². The molecule has 2 N–H and O–H groups in total. The van der Waals surface area contributed by atoms with Crippen molar-refractivity contribution < 1.29 is 14.9 Å². The SMILES string of the molecule is COc1ccc(CCCO)c(Cl)c1O. The lowest BCUT2D eigenvalue weighted by Crippen LogP contribution is -1.92. The summed E-state index contributed by atoms with van der Waals surface area (Å²) in [5.74, 6) is 0.326. The third kappa shape index (κ3) is 2.30. The Balaban J connectivity index is 2.92. The Labute approximate surface area is 87.9 Å². The number of rotatable bonds is 4. The fraction of sp³-hybridized carbons (Fsp3) is 0.400. The Morgan fingerprint density at radius 1 is 1.43 bits per heavy atom. The molecule has 0 radical (unpaired) electrons. The predicted molar refractivity (Wildman–Crippen MR) is 55.1 cm³/mol. The maximum atomic E-state index is 9.56. The summed E-state index contributed by atoms with van der Waals surface area (Å²) in [5, 5.41) is 18.5. The summed E-state index contributed by atoms with van der Waals surface area (Å²) < 4.78 is 4.90. The van der Waals surface area contributed by atoms with E-state index in [1.165, 1.54) is 7.11 Å². The van der Waals surface area contributed by atoms with Gasteiger partial charge in [0.25, 0.3) is 0 Å². The number of aryl methyl sites for hydroxylation is 1. The Hall–Kier alpha value is -0.930. The molecule has 14 heavy (non-hydrogen) atoms. The maximum Gasteiger partial charge on any atom is 0.177 e. The molecule has 0 saturated carbocycles. The van der Waals surface area contributed by atoms with Gasteiger partial charge in [-0.3, -0.25) is 0 Å². The number of aliphatic hydroxyl groups is 1. The summed E-state index contributed by atoms with van der Waals surface area (Å²) in [5.41, 5.74) is 0.819. The lowest BCUT2D eigenvalue weighted by molar-refractivity contribution is 0.288. The molecule has 1 rings (SSSR count). The molecule has 0 spiro atoms. The molecule has 0 heterocycles. The minimum Gasteiger partial charge on any atom is -0.503 e. The fourth-order valence-corrected chi connectivity index (χ4v) is 1.47. The molecule has 0 aliphatic rings. The van der Waals surface area contributed by atoms with Crippen LogP contribution in [0.5, 0.6) is 11.5 Å². The zero-order valence-corrected chi connectivity index (χ0v) is 8.71. The van der Waals surface area contributed by atoms with E-state index in [9.17, 15) is 5.11 Å². The number of aromatic hydroxyl groups is 1. The molecule has 0 amide bonds. The summed E-state index contributed by atoms with van der Waals surface area (Å²) in [7, 11) is 1.47. The molecule has 1 aromatic rings. The number of hydrogen-bond acceptors (Lipinski definition) is 3. The highest BCUT2D eigenvalue weighted by Gasteiger charge is 2.10. The van der Waals surface area contributed by atoms with Crippen LogP contribution in [0.15, 0.2) is 12.1 Å². The number of halogens is 1. The van der Waals surface area contributed by atoms with Crippen LogP contribution in [-0.2, 0) is 6.42 Å². The van der Waals surface area contributed by atoms with Crippen LogP contribution in [0, 0.1) is 0 Å². The number of phenols is 1. The van der Waals surface area contributed by atoms with Crippen molar-refractivity contribution in [2.24, 2.45) is 0 Å². The van der Waals surface area contributed by atoms with Crippen molar-refractivity contribution in [2.75, 3.05) is 13.7 Å². The molecule has 0 aliphatic heterocycles. The number of aliphatic hydroxyl groups excluding tert-OH is 1. The fourth-order valence-electron chi connectivity index (χ4n) is 1.22. The largest absolute Gasteiger partial charge is 0.503 e. The van der Waals surface area contributed by atoms with Gasteiger partial charge in [-0.25, -0.2) is 0 Å². The average Bonchev–Trinajstić information content (AvgIpc) is 2.20. The number of ether oxygens (including phenoxy) is 1. The van der Waals surface area contributed by atoms with E-state index in [0.29, 0.717) is 23.6 Å². The molecular formula is C10H13ClO3. The van der Waals surface area contributed by atoms with E-state index in [1.54, 1.807) is 12.1 Å². The second kappa shape index (κ2) is 5.08. The van der Waals surface area contributed by atoms with E-state index in [-0.39, 0.29) is 12.4 Å². The molecule has 0 bridgehead atoms. The standard InChI is InChI=1S/C10H13ClO3/c1-14-8-5-4-7(3-2-6-12)9(11)10(8)13/h4-5,12-13H,2-3,6H2,1H3. The monoisotopic (exact) mass is 216 g/mol. The Morgan fingerprint density at radius 3 is 2.71 bits per heavy atom. The third-order valence-electron chi connectivity index (χ3n) is 1.98. The van der Waals surface area contributed by atoms with Crippen LogP contribution < -0.4 is 4.74 Å². The molecule has 78 valence electrons. The lowest BCUT2D eigenvalue weighted by Gasteiger charge is -2.08. The zero-order chi connectivity index (χ0) is 10.6. The maximum absolute atomic E-state index is 9.56. The van der Waals surface area contributed by atoms with Crippen LogP contribution in [0.4, 0.5) is 0 Å². The first-order valence-electron chi connectivity index (χ1n) is 4.36. The topological polar surface area (TPSA) is 49.7 Å². The molecular weight excluding hydrogens is 204 g/mol. The first-order chi connectivity index (χ1) is 6.70. The van der Waals surface area contributed by atoms with Gasteiger partial charge in [0.15, 0.2) is 11.5 Å². The highest BCUT2D eigenvalue weighted by molar-refractivity contribution is 6.33.